The average Bonchev–Trinajstić information content (AvgIpc) is 2.93. The molecule has 24 heavy (non-hydrogen) atoms. The first kappa shape index (κ1) is 17.9. The second kappa shape index (κ2) is 6.98. The molecule has 7 nitrogen and oxygen atoms in total. The summed E-state index contributed by atoms with van der Waals surface area (Å²) >= 11 is 0. The van der Waals surface area contributed by atoms with E-state index in [9.17, 15) is 9.59 Å². The van der Waals surface area contributed by atoms with Gasteiger partial charge in [0.2, 0.25) is 0 Å². The Morgan fingerprint density at radius 3 is 2.50 bits per heavy atom. The van der Waals surface area contributed by atoms with Crippen LogP contribution >= 0.6 is 0 Å². The number of hydrogen-bond acceptors (Lipinski definition) is 5. The number of pyridine rings is 1. The molecule has 0 aromatic carbocycles. The van der Waals surface area contributed by atoms with Crippen molar-refractivity contribution in [1.29, 1.82) is 0 Å². The molecule has 2 rings (SSSR count). The molecule has 2 aromatic rings. The molecule has 1 amide bonds. The van der Waals surface area contributed by atoms with Gasteiger partial charge in [-0.2, -0.15) is 5.10 Å². The van der Waals surface area contributed by atoms with E-state index in [1.165, 1.54) is 12.0 Å². The van der Waals surface area contributed by atoms with E-state index in [0.29, 0.717) is 11.3 Å². The summed E-state index contributed by atoms with van der Waals surface area (Å²) in [4.78, 5) is 30.5. The van der Waals surface area contributed by atoms with Gasteiger partial charge in [-0.15, -0.1) is 0 Å². The number of ether oxygens (including phenoxy) is 1. The van der Waals surface area contributed by atoms with Gasteiger partial charge in [0.15, 0.2) is 5.65 Å². The van der Waals surface area contributed by atoms with E-state index in [1.54, 1.807) is 19.2 Å². The van der Waals surface area contributed by atoms with E-state index in [2.05, 4.69) is 14.8 Å². The highest BCUT2D eigenvalue weighted by atomic mass is 16.5. The number of rotatable bonds is 5. The number of nitrogens with zero attached hydrogens (tertiary/aromatic N) is 4. The highest BCUT2D eigenvalue weighted by molar-refractivity contribution is 5.99. The van der Waals surface area contributed by atoms with Crippen molar-refractivity contribution in [2.45, 2.75) is 46.7 Å². The maximum Gasteiger partial charge on any atom is 0.325 e. The number of amides is 1. The average molecular weight is 332 g/mol. The van der Waals surface area contributed by atoms with Crippen molar-refractivity contribution in [3.8, 4) is 0 Å². The number of fused-ring (bicyclic) bond motifs is 1. The molecular weight excluding hydrogens is 308 g/mol. The Balaban J connectivity index is 2.44. The molecule has 0 saturated heterocycles. The van der Waals surface area contributed by atoms with Crippen LogP contribution < -0.4 is 0 Å². The molecule has 2 heterocycles. The van der Waals surface area contributed by atoms with Crippen LogP contribution in [-0.2, 0) is 9.53 Å². The molecule has 0 aliphatic heterocycles. The summed E-state index contributed by atoms with van der Waals surface area (Å²) in [5, 5.41) is 5.14. The number of methoxy groups -OCH3 is 1. The normalized spacial score (nSPS) is 11.3. The van der Waals surface area contributed by atoms with E-state index in [-0.39, 0.29) is 24.5 Å². The third kappa shape index (κ3) is 3.39. The van der Waals surface area contributed by atoms with Gasteiger partial charge in [-0.3, -0.25) is 9.59 Å². The summed E-state index contributed by atoms with van der Waals surface area (Å²) < 4.78 is 6.51. The van der Waals surface area contributed by atoms with Crippen molar-refractivity contribution in [3.63, 3.8) is 0 Å². The molecule has 0 aliphatic carbocycles. The van der Waals surface area contributed by atoms with Crippen molar-refractivity contribution >= 4 is 22.9 Å². The Morgan fingerprint density at radius 2 is 1.96 bits per heavy atom. The molecule has 0 atom stereocenters. The lowest BCUT2D eigenvalue weighted by atomic mass is 10.1. The van der Waals surface area contributed by atoms with Crippen LogP contribution in [0.1, 0.15) is 49.8 Å². The van der Waals surface area contributed by atoms with E-state index < -0.39 is 5.97 Å². The first-order valence-electron chi connectivity index (χ1n) is 7.98. The van der Waals surface area contributed by atoms with Crippen LogP contribution in [0.15, 0.2) is 12.3 Å². The van der Waals surface area contributed by atoms with E-state index in [1.807, 2.05) is 32.4 Å². The first-order valence-corrected chi connectivity index (χ1v) is 7.98. The molecule has 2 aromatic heterocycles. The van der Waals surface area contributed by atoms with Crippen LogP contribution in [0.3, 0.4) is 0 Å². The summed E-state index contributed by atoms with van der Waals surface area (Å²) in [6.45, 7) is 9.48. The topological polar surface area (TPSA) is 77.3 Å². The zero-order chi connectivity index (χ0) is 18.0. The minimum absolute atomic E-state index is 0.0876. The Hall–Kier alpha value is -2.44. The smallest absolute Gasteiger partial charge is 0.325 e. The maximum absolute atomic E-state index is 12.9. The Labute approximate surface area is 141 Å². The summed E-state index contributed by atoms with van der Waals surface area (Å²) in [6.07, 6.45) is 1.71. The van der Waals surface area contributed by atoms with Crippen LogP contribution in [0.5, 0.6) is 0 Å². The molecule has 0 bridgehead atoms. The predicted octanol–water partition coefficient (Wildman–Crippen LogP) is 2.34. The second-order valence-electron chi connectivity index (χ2n) is 6.32. The molecule has 0 aliphatic rings. The molecular formula is C17H24N4O3. The monoisotopic (exact) mass is 332 g/mol. The molecule has 0 unspecified atom stereocenters. The number of carbonyl (C=O) groups excluding carboxylic acids is 2. The summed E-state index contributed by atoms with van der Waals surface area (Å²) in [7, 11) is 1.31. The predicted molar refractivity (Wildman–Crippen MR) is 90.8 cm³/mol. The lowest BCUT2D eigenvalue weighted by Crippen LogP contribution is -2.41. The van der Waals surface area contributed by atoms with Gasteiger partial charge in [-0.05, 0) is 40.7 Å². The van der Waals surface area contributed by atoms with E-state index in [4.69, 9.17) is 0 Å². The zero-order valence-electron chi connectivity index (χ0n) is 15.0. The van der Waals surface area contributed by atoms with Crippen molar-refractivity contribution in [3.05, 3.63) is 23.5 Å². The van der Waals surface area contributed by atoms with Crippen LogP contribution in [0.2, 0.25) is 0 Å². The highest BCUT2D eigenvalue weighted by Crippen LogP contribution is 2.21. The zero-order valence-corrected chi connectivity index (χ0v) is 15.0. The van der Waals surface area contributed by atoms with Crippen LogP contribution in [0, 0.1) is 6.92 Å². The van der Waals surface area contributed by atoms with Crippen molar-refractivity contribution in [1.82, 2.24) is 19.7 Å². The fourth-order valence-electron chi connectivity index (χ4n) is 2.51. The fraction of sp³-hybridized carbons (Fsp3) is 0.529. The molecule has 0 N–H and O–H groups in total. The Bertz CT molecular complexity index is 765. The summed E-state index contributed by atoms with van der Waals surface area (Å²) in [5.74, 6) is -0.684. The van der Waals surface area contributed by atoms with Crippen LogP contribution in [0.4, 0.5) is 0 Å². The number of carbonyl (C=O) groups is 2. The van der Waals surface area contributed by atoms with E-state index in [0.717, 1.165) is 11.0 Å². The van der Waals surface area contributed by atoms with Gasteiger partial charge < -0.3 is 9.64 Å². The second-order valence-corrected chi connectivity index (χ2v) is 6.32. The minimum atomic E-state index is -0.448. The van der Waals surface area contributed by atoms with Gasteiger partial charge in [0.05, 0.1) is 24.6 Å². The summed E-state index contributed by atoms with van der Waals surface area (Å²) in [5.41, 5.74) is 1.84. The first-order chi connectivity index (χ1) is 11.3. The minimum Gasteiger partial charge on any atom is -0.468 e. The molecule has 0 fully saturated rings. The molecule has 130 valence electrons. The highest BCUT2D eigenvalue weighted by Gasteiger charge is 2.24. The molecule has 0 saturated carbocycles. The van der Waals surface area contributed by atoms with Gasteiger partial charge in [-0.1, -0.05) is 0 Å². The molecule has 0 spiro atoms. The SMILES string of the molecule is COC(=O)CN(C(=O)c1cc2cnn(C(C)C)c2nc1C)C(C)C. The number of aryl methyl sites for hydroxylation is 1. The fourth-order valence-corrected chi connectivity index (χ4v) is 2.51. The summed E-state index contributed by atoms with van der Waals surface area (Å²) in [6, 6.07) is 1.84. The largest absolute Gasteiger partial charge is 0.468 e. The van der Waals surface area contributed by atoms with Crippen LogP contribution in [0.25, 0.3) is 11.0 Å². The Kier molecular flexibility index (Phi) is 5.21. The van der Waals surface area contributed by atoms with Crippen molar-refractivity contribution < 1.29 is 14.3 Å². The van der Waals surface area contributed by atoms with Gasteiger partial charge in [-0.25, -0.2) is 9.67 Å². The maximum atomic E-state index is 12.9. The standard InChI is InChI=1S/C17H24N4O3/c1-10(2)20(9-15(22)24-6)17(23)14-7-13-8-18-21(11(3)4)16(13)19-12(14)5/h7-8,10-11H,9H2,1-6H3. The van der Waals surface area contributed by atoms with E-state index >= 15 is 0 Å². The van der Waals surface area contributed by atoms with Crippen molar-refractivity contribution in [2.24, 2.45) is 0 Å². The van der Waals surface area contributed by atoms with Gasteiger partial charge >= 0.3 is 5.97 Å². The number of esters is 1. The number of hydrogen-bond donors (Lipinski definition) is 0. The molecule has 7 heteroatoms. The Morgan fingerprint density at radius 1 is 1.29 bits per heavy atom. The van der Waals surface area contributed by atoms with Crippen molar-refractivity contribution in [2.75, 3.05) is 13.7 Å². The van der Waals surface area contributed by atoms with Gasteiger partial charge in [0, 0.05) is 17.5 Å². The lowest BCUT2D eigenvalue weighted by molar-refractivity contribution is -0.141. The lowest BCUT2D eigenvalue weighted by Gasteiger charge is -2.26. The third-order valence-electron chi connectivity index (χ3n) is 3.89. The number of aromatic nitrogens is 3. The molecule has 0 radical (unpaired) electrons. The van der Waals surface area contributed by atoms with Gasteiger partial charge in [0.25, 0.3) is 5.91 Å². The van der Waals surface area contributed by atoms with Crippen LogP contribution in [-0.4, -0.2) is 51.2 Å². The third-order valence-corrected chi connectivity index (χ3v) is 3.89. The van der Waals surface area contributed by atoms with Gasteiger partial charge in [0.1, 0.15) is 6.54 Å². The quantitative estimate of drug-likeness (QED) is 0.786.